The Morgan fingerprint density at radius 1 is 1.16 bits per heavy atom. The van der Waals surface area contributed by atoms with Crippen LogP contribution in [0.15, 0.2) is 24.3 Å². The minimum atomic E-state index is -3.22. The molecule has 1 aromatic rings. The summed E-state index contributed by atoms with van der Waals surface area (Å²) in [5, 5.41) is 0. The predicted molar refractivity (Wildman–Crippen MR) is 82.6 cm³/mol. The lowest BCUT2D eigenvalue weighted by atomic mass is 10.1. The standard InChI is InChI=1S/C13H21BrN2O2S/c1-3-16(4-2)10-13-8-6-5-7-12(13)9-15-19(17,18)11-14/h5-8,15H,3-4,9-11H2,1-2H3. The SMILES string of the molecule is CCN(CC)Cc1ccccc1CNS(=O)(=O)CBr. The Morgan fingerprint density at radius 2 is 1.74 bits per heavy atom. The smallest absolute Gasteiger partial charge is 0.221 e. The minimum Gasteiger partial charge on any atom is -0.300 e. The Hall–Kier alpha value is -0.430. The van der Waals surface area contributed by atoms with E-state index in [0.717, 1.165) is 25.2 Å². The van der Waals surface area contributed by atoms with E-state index in [1.807, 2.05) is 18.2 Å². The van der Waals surface area contributed by atoms with E-state index >= 15 is 0 Å². The van der Waals surface area contributed by atoms with Crippen molar-refractivity contribution in [3.8, 4) is 0 Å². The summed E-state index contributed by atoms with van der Waals surface area (Å²) in [6.45, 7) is 7.40. The van der Waals surface area contributed by atoms with Crippen LogP contribution in [0, 0.1) is 0 Å². The molecule has 0 fully saturated rings. The maximum absolute atomic E-state index is 11.5. The molecular formula is C13H21BrN2O2S. The summed E-state index contributed by atoms with van der Waals surface area (Å²) in [6.07, 6.45) is 0. The normalized spacial score (nSPS) is 12.0. The Kier molecular flexibility index (Phi) is 6.99. The van der Waals surface area contributed by atoms with E-state index in [0.29, 0.717) is 6.54 Å². The van der Waals surface area contributed by atoms with Crippen molar-refractivity contribution in [1.82, 2.24) is 9.62 Å². The zero-order chi connectivity index (χ0) is 14.3. The zero-order valence-electron chi connectivity index (χ0n) is 11.4. The van der Waals surface area contributed by atoms with Crippen LogP contribution in [0.2, 0.25) is 0 Å². The topological polar surface area (TPSA) is 49.4 Å². The van der Waals surface area contributed by atoms with Crippen LogP contribution in [0.3, 0.4) is 0 Å². The number of sulfonamides is 1. The van der Waals surface area contributed by atoms with Gasteiger partial charge in [-0.15, -0.1) is 0 Å². The molecule has 108 valence electrons. The summed E-state index contributed by atoms with van der Waals surface area (Å²) in [5.41, 5.74) is 2.20. The number of alkyl halides is 1. The monoisotopic (exact) mass is 348 g/mol. The van der Waals surface area contributed by atoms with Gasteiger partial charge in [0.15, 0.2) is 0 Å². The van der Waals surface area contributed by atoms with E-state index in [1.165, 1.54) is 5.56 Å². The van der Waals surface area contributed by atoms with E-state index < -0.39 is 10.0 Å². The average Bonchev–Trinajstić information content (AvgIpc) is 2.43. The van der Waals surface area contributed by atoms with Gasteiger partial charge in [-0.2, -0.15) is 0 Å². The third kappa shape index (κ3) is 5.60. The Labute approximate surface area is 124 Å². The molecule has 0 aliphatic heterocycles. The molecule has 0 amide bonds. The van der Waals surface area contributed by atoms with Crippen molar-refractivity contribution in [3.05, 3.63) is 35.4 Å². The first-order valence-corrected chi connectivity index (χ1v) is 9.12. The number of benzene rings is 1. The molecule has 6 heteroatoms. The summed E-state index contributed by atoms with van der Waals surface area (Å²) in [5.74, 6) is 0. The molecule has 19 heavy (non-hydrogen) atoms. The quantitative estimate of drug-likeness (QED) is 0.733. The molecule has 4 nitrogen and oxygen atoms in total. The maximum Gasteiger partial charge on any atom is 0.221 e. The Bertz CT molecular complexity index is 487. The fourth-order valence-corrected chi connectivity index (χ4v) is 2.74. The highest BCUT2D eigenvalue weighted by molar-refractivity contribution is 9.10. The summed E-state index contributed by atoms with van der Waals surface area (Å²) in [7, 11) is -3.22. The molecule has 0 aromatic heterocycles. The van der Waals surface area contributed by atoms with Gasteiger partial charge in [0.2, 0.25) is 10.0 Å². The van der Waals surface area contributed by atoms with Crippen molar-refractivity contribution in [2.75, 3.05) is 17.8 Å². The lowest BCUT2D eigenvalue weighted by Gasteiger charge is -2.20. The lowest BCUT2D eigenvalue weighted by Crippen LogP contribution is -2.26. The Morgan fingerprint density at radius 3 is 2.26 bits per heavy atom. The van der Waals surface area contributed by atoms with Crippen LogP contribution in [0.5, 0.6) is 0 Å². The third-order valence-electron chi connectivity index (χ3n) is 3.03. The highest BCUT2D eigenvalue weighted by atomic mass is 79.9. The van der Waals surface area contributed by atoms with Gasteiger partial charge in [-0.25, -0.2) is 13.1 Å². The molecule has 0 saturated carbocycles. The number of nitrogens with one attached hydrogen (secondary N) is 1. The van der Waals surface area contributed by atoms with Crippen LogP contribution in [0.1, 0.15) is 25.0 Å². The van der Waals surface area contributed by atoms with Crippen molar-refractivity contribution in [3.63, 3.8) is 0 Å². The number of hydrogen-bond donors (Lipinski definition) is 1. The van der Waals surface area contributed by atoms with Gasteiger partial charge in [0.05, 0.1) is 0 Å². The van der Waals surface area contributed by atoms with E-state index in [1.54, 1.807) is 0 Å². The number of hydrogen-bond acceptors (Lipinski definition) is 3. The second-order valence-electron chi connectivity index (χ2n) is 4.28. The maximum atomic E-state index is 11.5. The molecule has 0 unspecified atom stereocenters. The molecule has 1 N–H and O–H groups in total. The first-order chi connectivity index (χ1) is 9.02. The van der Waals surface area contributed by atoms with Crippen LogP contribution in [-0.2, 0) is 23.1 Å². The molecule has 0 heterocycles. The van der Waals surface area contributed by atoms with Gasteiger partial charge >= 0.3 is 0 Å². The van der Waals surface area contributed by atoms with Crippen LogP contribution in [0.25, 0.3) is 0 Å². The van der Waals surface area contributed by atoms with Gasteiger partial charge in [0.25, 0.3) is 0 Å². The van der Waals surface area contributed by atoms with Gasteiger partial charge in [0.1, 0.15) is 4.66 Å². The van der Waals surface area contributed by atoms with E-state index in [2.05, 4.69) is 45.5 Å². The molecule has 0 saturated heterocycles. The molecule has 0 aliphatic carbocycles. The molecule has 0 bridgehead atoms. The lowest BCUT2D eigenvalue weighted by molar-refractivity contribution is 0.295. The fourth-order valence-electron chi connectivity index (χ4n) is 1.80. The molecule has 0 aliphatic rings. The van der Waals surface area contributed by atoms with Crippen LogP contribution >= 0.6 is 15.9 Å². The largest absolute Gasteiger partial charge is 0.300 e. The van der Waals surface area contributed by atoms with Crippen molar-refractivity contribution in [2.24, 2.45) is 0 Å². The van der Waals surface area contributed by atoms with Gasteiger partial charge in [-0.05, 0) is 24.2 Å². The van der Waals surface area contributed by atoms with Gasteiger partial charge < -0.3 is 0 Å². The molecule has 1 rings (SSSR count). The molecule has 0 spiro atoms. The molecule has 1 aromatic carbocycles. The minimum absolute atomic E-state index is 0.0712. The summed E-state index contributed by atoms with van der Waals surface area (Å²) in [4.78, 5) is 2.30. The van der Waals surface area contributed by atoms with Crippen LogP contribution in [0.4, 0.5) is 0 Å². The highest BCUT2D eigenvalue weighted by Gasteiger charge is 2.10. The molecule has 0 radical (unpaired) electrons. The van der Waals surface area contributed by atoms with Crippen LogP contribution < -0.4 is 4.72 Å². The van der Waals surface area contributed by atoms with E-state index in [-0.39, 0.29) is 4.66 Å². The predicted octanol–water partition coefficient (Wildman–Crippen LogP) is 2.30. The summed E-state index contributed by atoms with van der Waals surface area (Å²) in [6, 6.07) is 7.94. The van der Waals surface area contributed by atoms with Gasteiger partial charge in [-0.3, -0.25) is 4.90 Å². The van der Waals surface area contributed by atoms with Crippen molar-refractivity contribution >= 4 is 26.0 Å². The first-order valence-electron chi connectivity index (χ1n) is 6.34. The second-order valence-corrected chi connectivity index (χ2v) is 7.38. The van der Waals surface area contributed by atoms with Crippen molar-refractivity contribution in [2.45, 2.75) is 26.9 Å². The summed E-state index contributed by atoms with van der Waals surface area (Å²) < 4.78 is 25.4. The van der Waals surface area contributed by atoms with Crippen molar-refractivity contribution in [1.29, 1.82) is 0 Å². The third-order valence-corrected chi connectivity index (χ3v) is 5.71. The van der Waals surface area contributed by atoms with Gasteiger partial charge in [-0.1, -0.05) is 54.0 Å². The number of rotatable bonds is 8. The zero-order valence-corrected chi connectivity index (χ0v) is 13.8. The van der Waals surface area contributed by atoms with Gasteiger partial charge in [0, 0.05) is 13.1 Å². The highest BCUT2D eigenvalue weighted by Crippen LogP contribution is 2.12. The van der Waals surface area contributed by atoms with E-state index in [9.17, 15) is 8.42 Å². The number of nitrogens with zero attached hydrogens (tertiary/aromatic N) is 1. The number of halogens is 1. The molecular weight excluding hydrogens is 328 g/mol. The summed E-state index contributed by atoms with van der Waals surface area (Å²) >= 11 is 2.97. The van der Waals surface area contributed by atoms with E-state index in [4.69, 9.17) is 0 Å². The first kappa shape index (κ1) is 16.6. The van der Waals surface area contributed by atoms with Crippen molar-refractivity contribution < 1.29 is 8.42 Å². The molecule has 0 atom stereocenters. The fraction of sp³-hybridized carbons (Fsp3) is 0.538. The Balaban J connectivity index is 2.78. The van der Waals surface area contributed by atoms with Crippen LogP contribution in [-0.4, -0.2) is 31.1 Å². The second kappa shape index (κ2) is 7.99. The average molecular weight is 349 g/mol.